The van der Waals surface area contributed by atoms with Crippen LogP contribution in [0.4, 0.5) is 38.5 Å². The van der Waals surface area contributed by atoms with E-state index in [2.05, 4.69) is 38.4 Å². The van der Waals surface area contributed by atoms with Crippen LogP contribution in [0.5, 0.6) is 0 Å². The van der Waals surface area contributed by atoms with E-state index in [1.54, 1.807) is 0 Å². The largest absolute Gasteiger partial charge is 0.395 e. The molecule has 0 bridgehead atoms. The molecule has 0 spiro atoms. The summed E-state index contributed by atoms with van der Waals surface area (Å²) >= 11 is 3.01. The Labute approximate surface area is 243 Å². The number of hydrogen-bond acceptors (Lipinski definition) is 12. The number of anilines is 2. The van der Waals surface area contributed by atoms with Gasteiger partial charge in [-0.15, -0.1) is 12.8 Å². The van der Waals surface area contributed by atoms with Crippen LogP contribution in [0, 0.1) is 65.1 Å². The highest BCUT2D eigenvalue weighted by Crippen LogP contribution is 2.29. The zero-order chi connectivity index (χ0) is 32.5. The molecular formula is C23H26BrFN6O10. The molecule has 0 saturated heterocycles. The Morgan fingerprint density at radius 3 is 1.63 bits per heavy atom. The molecule has 0 aromatic heterocycles. The summed E-state index contributed by atoms with van der Waals surface area (Å²) in [5, 5.41) is 57.0. The average Bonchev–Trinajstić information content (AvgIpc) is 2.96. The van der Waals surface area contributed by atoms with Crippen LogP contribution in [0.25, 0.3) is 0 Å². The third kappa shape index (κ3) is 15.9. The summed E-state index contributed by atoms with van der Waals surface area (Å²) in [5.74, 6) is 4.63. The van der Waals surface area contributed by atoms with E-state index in [-0.39, 0.29) is 60.5 Å². The smallest absolute Gasteiger partial charge is 0.299 e. The molecule has 41 heavy (non-hydrogen) atoms. The van der Waals surface area contributed by atoms with Gasteiger partial charge < -0.3 is 20.5 Å². The number of terminal acetylenes is 2. The van der Waals surface area contributed by atoms with Gasteiger partial charge in [0.25, 0.3) is 22.7 Å². The summed E-state index contributed by atoms with van der Waals surface area (Å²) < 4.78 is 20.5. The van der Waals surface area contributed by atoms with Crippen LogP contribution in [0.1, 0.15) is 1.37 Å². The van der Waals surface area contributed by atoms with Gasteiger partial charge in [0.15, 0.2) is 0 Å². The van der Waals surface area contributed by atoms with Crippen LogP contribution in [0.3, 0.4) is 0 Å². The molecule has 0 saturated carbocycles. The molecule has 222 valence electrons. The molecule has 0 aliphatic rings. The first-order chi connectivity index (χ1) is 19.9. The summed E-state index contributed by atoms with van der Waals surface area (Å²) in [4.78, 5) is 39.6. The van der Waals surface area contributed by atoms with Gasteiger partial charge in [-0.25, -0.2) is 0 Å². The molecule has 2 aromatic carbocycles. The zero-order valence-corrected chi connectivity index (χ0v) is 22.8. The van der Waals surface area contributed by atoms with E-state index >= 15 is 0 Å². The first-order valence-corrected chi connectivity index (χ1v) is 11.9. The predicted octanol–water partition coefficient (Wildman–Crippen LogP) is 4.07. The van der Waals surface area contributed by atoms with Gasteiger partial charge in [-0.3, -0.25) is 44.8 Å². The molecule has 0 amide bonds. The maximum absolute atomic E-state index is 10.8. The Hall–Kier alpha value is -4.91. The van der Waals surface area contributed by atoms with Crippen LogP contribution in [0.15, 0.2) is 36.4 Å². The van der Waals surface area contributed by atoms with Crippen LogP contribution in [-0.2, 0) is 4.74 Å². The number of ether oxygens (including phenoxy) is 1. The van der Waals surface area contributed by atoms with Crippen molar-refractivity contribution in [3.8, 4) is 24.7 Å². The van der Waals surface area contributed by atoms with E-state index in [0.29, 0.717) is 11.9 Å². The van der Waals surface area contributed by atoms with Crippen molar-refractivity contribution in [3.63, 3.8) is 0 Å². The molecule has 0 aliphatic heterocycles. The molecule has 18 heteroatoms. The van der Waals surface area contributed by atoms with Crippen molar-refractivity contribution in [2.24, 2.45) is 0 Å². The highest BCUT2D eigenvalue weighted by molar-refractivity contribution is 9.09. The van der Waals surface area contributed by atoms with Gasteiger partial charge in [0.05, 0.1) is 58.9 Å². The fraction of sp³-hybridized carbons (Fsp3) is 0.304. The van der Waals surface area contributed by atoms with E-state index in [0.717, 1.165) is 18.2 Å². The molecule has 0 aliphatic carbocycles. The standard InChI is InChI=1S/C11H11N3O5.C8H9N3O5.C3H3Br.CH3F/c1-2-6-19-7-5-12-10-4-3-9(13(15)16)8-11(10)14(17)18;12-4-3-9-7-2-1-6(10(13)14)5-8(7)11(15)16;1-2-3-4;1-2/h1,3-4,8,12H,5-7H2;1-2,5,9,12H,3-4H2;1H,3H2;1H3/i;;;1D. The molecule has 0 heterocycles. The minimum absolute atomic E-state index is 0.138. The van der Waals surface area contributed by atoms with Gasteiger partial charge in [-0.1, -0.05) is 27.8 Å². The highest BCUT2D eigenvalue weighted by atomic mass is 79.9. The number of benzene rings is 2. The van der Waals surface area contributed by atoms with E-state index < -0.39 is 26.8 Å². The molecule has 0 unspecified atom stereocenters. The number of nitro benzene ring substituents is 4. The number of halogens is 2. The third-order valence-electron chi connectivity index (χ3n) is 4.03. The lowest BCUT2D eigenvalue weighted by molar-refractivity contribution is -0.393. The quantitative estimate of drug-likeness (QED) is 0.0975. The number of non-ortho nitro benzene ring substituents is 2. The van der Waals surface area contributed by atoms with E-state index in [1.165, 1.54) is 18.2 Å². The Bertz CT molecular complexity index is 1260. The number of nitrogens with one attached hydrogen (secondary N) is 2. The molecule has 3 N–H and O–H groups in total. The first kappa shape index (κ1) is 36.1. The summed E-state index contributed by atoms with van der Waals surface area (Å²) in [6, 6.07) is 6.66. The normalized spacial score (nSPS) is 9.24. The minimum Gasteiger partial charge on any atom is -0.395 e. The fourth-order valence-corrected chi connectivity index (χ4v) is 2.45. The van der Waals surface area contributed by atoms with Crippen molar-refractivity contribution in [3.05, 3.63) is 76.9 Å². The van der Waals surface area contributed by atoms with Gasteiger partial charge in [-0.05, 0) is 12.1 Å². The maximum Gasteiger partial charge on any atom is 0.299 e. The van der Waals surface area contributed by atoms with E-state index in [1.807, 2.05) is 0 Å². The van der Waals surface area contributed by atoms with Gasteiger partial charge in [-0.2, -0.15) is 0 Å². The van der Waals surface area contributed by atoms with Crippen molar-refractivity contribution in [2.75, 3.05) is 56.0 Å². The first-order valence-electron chi connectivity index (χ1n) is 11.5. The maximum atomic E-state index is 10.8. The SMILES string of the molecule is C#CCBr.C#CCOCCNc1ccc([N+](=O)[O-])cc1[N+](=O)[O-].O=[N+]([O-])c1ccc(NCCO)c([N+](=O)[O-])c1.[2H]CF. The Morgan fingerprint density at radius 1 is 0.902 bits per heavy atom. The van der Waals surface area contributed by atoms with Crippen molar-refractivity contribution in [2.45, 2.75) is 0 Å². The number of alkyl halides is 2. The number of aliphatic hydroxyl groups excluding tert-OH is 1. The second-order valence-corrected chi connectivity index (χ2v) is 7.16. The monoisotopic (exact) mass is 645 g/mol. The predicted molar refractivity (Wildman–Crippen MR) is 153 cm³/mol. The number of hydrogen-bond donors (Lipinski definition) is 3. The van der Waals surface area contributed by atoms with Crippen molar-refractivity contribution in [1.82, 2.24) is 0 Å². The number of rotatable bonds is 12. The number of nitro groups is 4. The average molecular weight is 646 g/mol. The number of nitrogens with zero attached hydrogens (tertiary/aromatic N) is 4. The van der Waals surface area contributed by atoms with Gasteiger partial charge in [0.2, 0.25) is 0 Å². The van der Waals surface area contributed by atoms with Crippen LogP contribution in [0.2, 0.25) is 0 Å². The fourth-order valence-electron chi connectivity index (χ4n) is 2.45. The van der Waals surface area contributed by atoms with Crippen LogP contribution < -0.4 is 10.6 Å². The van der Waals surface area contributed by atoms with Gasteiger partial charge in [0.1, 0.15) is 18.0 Å². The molecule has 0 radical (unpaired) electrons. The van der Waals surface area contributed by atoms with Gasteiger partial charge in [0, 0.05) is 25.2 Å². The Kier molecular flexibility index (Phi) is 20.3. The van der Waals surface area contributed by atoms with Gasteiger partial charge >= 0.3 is 0 Å². The Balaban J connectivity index is 0. The molecular weight excluding hydrogens is 619 g/mol. The summed E-state index contributed by atoms with van der Waals surface area (Å²) in [5.41, 5.74) is -1.08. The lowest BCUT2D eigenvalue weighted by Gasteiger charge is -2.06. The molecule has 16 nitrogen and oxygen atoms in total. The van der Waals surface area contributed by atoms with E-state index in [4.69, 9.17) is 24.1 Å². The van der Waals surface area contributed by atoms with Crippen LogP contribution in [-0.4, -0.2) is 70.2 Å². The lowest BCUT2D eigenvalue weighted by atomic mass is 10.2. The van der Waals surface area contributed by atoms with Crippen molar-refractivity contribution >= 4 is 50.1 Å². The second kappa shape index (κ2) is 23.0. The van der Waals surface area contributed by atoms with Crippen LogP contribution >= 0.6 is 15.9 Å². The third-order valence-corrected chi connectivity index (χ3v) is 4.35. The lowest BCUT2D eigenvalue weighted by Crippen LogP contribution is -2.10. The zero-order valence-electron chi connectivity index (χ0n) is 22.2. The summed E-state index contributed by atoms with van der Waals surface area (Å²) in [6.45, 7) is 0.690. The van der Waals surface area contributed by atoms with Crippen molar-refractivity contribution < 1.29 is 35.3 Å². The second-order valence-electron chi connectivity index (χ2n) is 6.60. The van der Waals surface area contributed by atoms with E-state index in [9.17, 15) is 44.8 Å². The summed E-state index contributed by atoms with van der Waals surface area (Å²) in [7, 11) is -1.00. The molecule has 2 rings (SSSR count). The molecule has 0 fully saturated rings. The minimum atomic E-state index is -1.00. The molecule has 0 atom stereocenters. The Morgan fingerprint density at radius 2 is 1.32 bits per heavy atom. The number of aliphatic hydroxyl groups is 1. The van der Waals surface area contributed by atoms with Crippen molar-refractivity contribution in [1.29, 1.82) is 0 Å². The topological polar surface area (TPSA) is 226 Å². The molecule has 2 aromatic rings. The highest BCUT2D eigenvalue weighted by Gasteiger charge is 2.20. The summed E-state index contributed by atoms with van der Waals surface area (Å²) in [6.07, 6.45) is 9.71.